The molecule has 1 heterocycles. The quantitative estimate of drug-likeness (QED) is 0.519. The number of hydrogen-bond acceptors (Lipinski definition) is 7. The van der Waals surface area contributed by atoms with Crippen molar-refractivity contribution in [2.45, 2.75) is 30.8 Å². The number of thioether (sulfide) groups is 1. The largest absolute Gasteiger partial charge is 0.492 e. The Balaban J connectivity index is 1.75. The average Bonchev–Trinajstić information content (AvgIpc) is 3.12. The minimum absolute atomic E-state index is 0.00191. The van der Waals surface area contributed by atoms with Crippen LogP contribution in [0.25, 0.3) is 5.69 Å². The molecule has 3 aromatic rings. The first-order chi connectivity index (χ1) is 13.4. The Kier molecular flexibility index (Phi) is 6.35. The SMILES string of the molecule is CCOc1ccccc1-n1nnnc1SCCS(=O)(=O)c1cc(C)ccc1C. The Labute approximate surface area is 169 Å². The zero-order chi connectivity index (χ0) is 20.1. The molecule has 7 nitrogen and oxygen atoms in total. The number of rotatable bonds is 8. The number of benzene rings is 2. The van der Waals surface area contributed by atoms with Crippen molar-refractivity contribution in [1.29, 1.82) is 0 Å². The van der Waals surface area contributed by atoms with Gasteiger partial charge in [-0.15, -0.1) is 5.10 Å². The van der Waals surface area contributed by atoms with Crippen molar-refractivity contribution in [3.63, 3.8) is 0 Å². The molecule has 3 rings (SSSR count). The Morgan fingerprint density at radius 2 is 1.93 bits per heavy atom. The van der Waals surface area contributed by atoms with Crippen molar-refractivity contribution in [3.8, 4) is 11.4 Å². The van der Waals surface area contributed by atoms with Gasteiger partial charge in [0, 0.05) is 5.75 Å². The molecule has 0 saturated carbocycles. The highest BCUT2D eigenvalue weighted by Crippen LogP contribution is 2.26. The molecular formula is C19H22N4O3S2. The monoisotopic (exact) mass is 418 g/mol. The molecule has 1 aromatic heterocycles. The molecule has 28 heavy (non-hydrogen) atoms. The number of hydrogen-bond donors (Lipinski definition) is 0. The summed E-state index contributed by atoms with van der Waals surface area (Å²) in [4.78, 5) is 0.384. The van der Waals surface area contributed by atoms with Gasteiger partial charge < -0.3 is 4.74 Å². The number of tetrazole rings is 1. The van der Waals surface area contributed by atoms with E-state index in [1.807, 2.05) is 57.2 Å². The first-order valence-corrected chi connectivity index (χ1v) is 11.5. The summed E-state index contributed by atoms with van der Waals surface area (Å²) >= 11 is 1.30. The van der Waals surface area contributed by atoms with Crippen molar-refractivity contribution in [2.24, 2.45) is 0 Å². The molecular weight excluding hydrogens is 396 g/mol. The number of aromatic nitrogens is 4. The summed E-state index contributed by atoms with van der Waals surface area (Å²) in [7, 11) is -3.38. The molecule has 0 saturated heterocycles. The van der Waals surface area contributed by atoms with Crippen LogP contribution in [-0.4, -0.2) is 46.7 Å². The molecule has 0 aliphatic rings. The predicted octanol–water partition coefficient (Wildman–Crippen LogP) is 3.24. The van der Waals surface area contributed by atoms with Gasteiger partial charge in [0.05, 0.1) is 17.3 Å². The standard InChI is InChI=1S/C19H22N4O3S2/c1-4-26-17-8-6-5-7-16(17)23-19(20-21-22-23)27-11-12-28(24,25)18-13-14(2)9-10-15(18)3/h5-10,13H,4,11-12H2,1-3H3. The molecule has 9 heteroatoms. The third-order valence-corrected chi connectivity index (χ3v) is 7.13. The Morgan fingerprint density at radius 1 is 1.14 bits per heavy atom. The highest BCUT2D eigenvalue weighted by molar-refractivity contribution is 8.00. The van der Waals surface area contributed by atoms with E-state index in [9.17, 15) is 8.42 Å². The lowest BCUT2D eigenvalue weighted by Gasteiger charge is -2.11. The third kappa shape index (κ3) is 4.53. The van der Waals surface area contributed by atoms with Crippen LogP contribution in [0.5, 0.6) is 5.75 Å². The van der Waals surface area contributed by atoms with Crippen LogP contribution < -0.4 is 4.74 Å². The van der Waals surface area contributed by atoms with Gasteiger partial charge in [-0.05, 0) is 60.5 Å². The van der Waals surface area contributed by atoms with E-state index in [0.717, 1.165) is 11.1 Å². The number of nitrogens with zero attached hydrogens (tertiary/aromatic N) is 4. The minimum atomic E-state index is -3.38. The first kappa shape index (κ1) is 20.3. The zero-order valence-electron chi connectivity index (χ0n) is 16.0. The maximum absolute atomic E-state index is 12.7. The summed E-state index contributed by atoms with van der Waals surface area (Å²) in [5, 5.41) is 12.3. The van der Waals surface area contributed by atoms with E-state index < -0.39 is 9.84 Å². The summed E-state index contributed by atoms with van der Waals surface area (Å²) < 4.78 is 32.7. The van der Waals surface area contributed by atoms with Crippen LogP contribution in [0.4, 0.5) is 0 Å². The summed E-state index contributed by atoms with van der Waals surface area (Å²) in [6.45, 7) is 6.13. The van der Waals surface area contributed by atoms with Crippen LogP contribution in [-0.2, 0) is 9.84 Å². The normalized spacial score (nSPS) is 11.5. The minimum Gasteiger partial charge on any atom is -0.492 e. The summed E-state index contributed by atoms with van der Waals surface area (Å²) in [5.41, 5.74) is 2.40. The Morgan fingerprint density at radius 3 is 2.71 bits per heavy atom. The molecule has 0 N–H and O–H groups in total. The maximum atomic E-state index is 12.7. The molecule has 0 amide bonds. The lowest BCUT2D eigenvalue weighted by atomic mass is 10.2. The van der Waals surface area contributed by atoms with Crippen molar-refractivity contribution in [3.05, 3.63) is 53.6 Å². The molecule has 0 unspecified atom stereocenters. The predicted molar refractivity (Wildman–Crippen MR) is 109 cm³/mol. The van der Waals surface area contributed by atoms with Gasteiger partial charge in [-0.2, -0.15) is 4.68 Å². The highest BCUT2D eigenvalue weighted by Gasteiger charge is 2.19. The van der Waals surface area contributed by atoms with Crippen molar-refractivity contribution in [2.75, 3.05) is 18.1 Å². The molecule has 0 spiro atoms. The van der Waals surface area contributed by atoms with Gasteiger partial charge in [-0.25, -0.2) is 8.42 Å². The fourth-order valence-electron chi connectivity index (χ4n) is 2.72. The Bertz CT molecular complexity index is 1060. The van der Waals surface area contributed by atoms with E-state index in [4.69, 9.17) is 4.74 Å². The van der Waals surface area contributed by atoms with Crippen LogP contribution in [0.2, 0.25) is 0 Å². The summed E-state index contributed by atoms with van der Waals surface area (Å²) in [6, 6.07) is 12.9. The van der Waals surface area contributed by atoms with E-state index in [0.29, 0.717) is 33.8 Å². The van der Waals surface area contributed by atoms with E-state index in [1.165, 1.54) is 11.8 Å². The van der Waals surface area contributed by atoms with Gasteiger partial charge in [0.15, 0.2) is 9.84 Å². The molecule has 2 aromatic carbocycles. The van der Waals surface area contributed by atoms with Gasteiger partial charge in [-0.3, -0.25) is 0 Å². The smallest absolute Gasteiger partial charge is 0.214 e. The van der Waals surface area contributed by atoms with Crippen molar-refractivity contribution in [1.82, 2.24) is 20.2 Å². The zero-order valence-corrected chi connectivity index (χ0v) is 17.6. The second kappa shape index (κ2) is 8.74. The second-order valence-electron chi connectivity index (χ2n) is 6.21. The van der Waals surface area contributed by atoms with Crippen molar-refractivity contribution >= 4 is 21.6 Å². The summed E-state index contributed by atoms with van der Waals surface area (Å²) in [6.07, 6.45) is 0. The molecule has 0 atom stereocenters. The molecule has 0 aliphatic carbocycles. The van der Waals surface area contributed by atoms with E-state index >= 15 is 0 Å². The van der Waals surface area contributed by atoms with Gasteiger partial charge >= 0.3 is 0 Å². The van der Waals surface area contributed by atoms with Gasteiger partial charge in [0.1, 0.15) is 11.4 Å². The van der Waals surface area contributed by atoms with Crippen LogP contribution >= 0.6 is 11.8 Å². The summed E-state index contributed by atoms with van der Waals surface area (Å²) in [5.74, 6) is 1.01. The first-order valence-electron chi connectivity index (χ1n) is 8.86. The van der Waals surface area contributed by atoms with Crippen molar-refractivity contribution < 1.29 is 13.2 Å². The van der Waals surface area contributed by atoms with Crippen LogP contribution in [0, 0.1) is 13.8 Å². The molecule has 0 bridgehead atoms. The molecule has 148 valence electrons. The molecule has 0 fully saturated rings. The van der Waals surface area contributed by atoms with Gasteiger partial charge in [0.25, 0.3) is 0 Å². The maximum Gasteiger partial charge on any atom is 0.214 e. The van der Waals surface area contributed by atoms with Crippen LogP contribution in [0.3, 0.4) is 0 Å². The number of sulfone groups is 1. The fourth-order valence-corrected chi connectivity index (χ4v) is 5.61. The Hall–Kier alpha value is -2.39. The van der Waals surface area contributed by atoms with Crippen LogP contribution in [0.15, 0.2) is 52.5 Å². The van der Waals surface area contributed by atoms with E-state index in [1.54, 1.807) is 10.7 Å². The third-order valence-electron chi connectivity index (χ3n) is 4.10. The van der Waals surface area contributed by atoms with Gasteiger partial charge in [0.2, 0.25) is 5.16 Å². The lowest BCUT2D eigenvalue weighted by Crippen LogP contribution is -2.11. The number of para-hydroxylation sites is 2. The van der Waals surface area contributed by atoms with E-state index in [-0.39, 0.29) is 5.75 Å². The second-order valence-corrected chi connectivity index (χ2v) is 9.35. The number of aryl methyl sites for hydroxylation is 2. The molecule has 0 aliphatic heterocycles. The highest BCUT2D eigenvalue weighted by atomic mass is 32.2. The van der Waals surface area contributed by atoms with Crippen LogP contribution in [0.1, 0.15) is 18.1 Å². The van der Waals surface area contributed by atoms with Gasteiger partial charge in [-0.1, -0.05) is 36.0 Å². The topological polar surface area (TPSA) is 87.0 Å². The average molecular weight is 419 g/mol. The molecule has 0 radical (unpaired) electrons. The van der Waals surface area contributed by atoms with E-state index in [2.05, 4.69) is 15.5 Å². The number of ether oxygens (including phenoxy) is 1. The fraction of sp³-hybridized carbons (Fsp3) is 0.316. The lowest BCUT2D eigenvalue weighted by molar-refractivity contribution is 0.337.